The maximum atomic E-state index is 12.9. The summed E-state index contributed by atoms with van der Waals surface area (Å²) in [6, 6.07) is 15.8. The number of benzene rings is 2. The van der Waals surface area contributed by atoms with Crippen LogP contribution >= 0.6 is 0 Å². The summed E-state index contributed by atoms with van der Waals surface area (Å²) < 4.78 is 0. The van der Waals surface area contributed by atoms with Crippen molar-refractivity contribution in [3.8, 4) is 0 Å². The summed E-state index contributed by atoms with van der Waals surface area (Å²) in [5, 5.41) is 2.93. The molecule has 4 heteroatoms. The van der Waals surface area contributed by atoms with E-state index in [1.807, 2.05) is 54.3 Å². The van der Waals surface area contributed by atoms with Gasteiger partial charge < -0.3 is 10.2 Å². The molecule has 2 aromatic carbocycles. The Balaban J connectivity index is 1.42. The van der Waals surface area contributed by atoms with E-state index in [9.17, 15) is 9.59 Å². The quantitative estimate of drug-likeness (QED) is 0.933. The summed E-state index contributed by atoms with van der Waals surface area (Å²) in [5.74, 6) is -0.344. The number of nitrogens with zero attached hydrogens (tertiary/aromatic N) is 1. The van der Waals surface area contributed by atoms with Crippen molar-refractivity contribution in [2.75, 3.05) is 16.8 Å². The van der Waals surface area contributed by atoms with Gasteiger partial charge in [0.05, 0.1) is 11.8 Å². The van der Waals surface area contributed by atoms with Gasteiger partial charge in [0, 0.05) is 17.9 Å². The van der Waals surface area contributed by atoms with E-state index < -0.39 is 0 Å². The molecule has 128 valence electrons. The minimum Gasteiger partial charge on any atom is -0.326 e. The third-order valence-electron chi connectivity index (χ3n) is 5.14. The monoisotopic (exact) mass is 334 g/mol. The van der Waals surface area contributed by atoms with Gasteiger partial charge in [0.1, 0.15) is 0 Å². The summed E-state index contributed by atoms with van der Waals surface area (Å²) in [6.07, 6.45) is 2.65. The van der Waals surface area contributed by atoms with Crippen molar-refractivity contribution in [2.24, 2.45) is 11.8 Å². The first kappa shape index (κ1) is 15.9. The van der Waals surface area contributed by atoms with Crippen LogP contribution in [0, 0.1) is 18.8 Å². The Hall–Kier alpha value is -2.62. The third-order valence-corrected chi connectivity index (χ3v) is 5.14. The van der Waals surface area contributed by atoms with Crippen LogP contribution in [0.1, 0.15) is 24.0 Å². The lowest BCUT2D eigenvalue weighted by atomic mass is 10.0. The van der Waals surface area contributed by atoms with Crippen LogP contribution < -0.4 is 10.2 Å². The Morgan fingerprint density at radius 1 is 1.04 bits per heavy atom. The van der Waals surface area contributed by atoms with Crippen molar-refractivity contribution in [1.82, 2.24) is 0 Å². The van der Waals surface area contributed by atoms with Crippen molar-refractivity contribution in [2.45, 2.75) is 26.2 Å². The molecule has 4 rings (SSSR count). The molecule has 1 fully saturated rings. The van der Waals surface area contributed by atoms with Crippen LogP contribution in [0.2, 0.25) is 0 Å². The van der Waals surface area contributed by atoms with Crippen molar-refractivity contribution >= 4 is 23.2 Å². The van der Waals surface area contributed by atoms with E-state index in [1.54, 1.807) is 0 Å². The first-order valence-electron chi connectivity index (χ1n) is 8.90. The predicted molar refractivity (Wildman–Crippen MR) is 98.5 cm³/mol. The molecule has 1 saturated carbocycles. The number of amides is 2. The molecule has 2 amide bonds. The second kappa shape index (κ2) is 6.36. The SMILES string of the molecule is Cc1ccc(NC(=O)C2CC2C(=O)N2CCCc3ccccc32)cc1. The van der Waals surface area contributed by atoms with Crippen molar-refractivity contribution in [1.29, 1.82) is 0 Å². The molecule has 0 spiro atoms. The van der Waals surface area contributed by atoms with Crippen LogP contribution in [-0.4, -0.2) is 18.4 Å². The average Bonchev–Trinajstić information content (AvgIpc) is 3.43. The molecule has 0 radical (unpaired) electrons. The molecule has 1 aliphatic heterocycles. The first-order valence-corrected chi connectivity index (χ1v) is 8.90. The predicted octanol–water partition coefficient (Wildman–Crippen LogP) is 3.55. The molecule has 2 aromatic rings. The molecule has 2 aliphatic rings. The second-order valence-corrected chi connectivity index (χ2v) is 7.03. The van der Waals surface area contributed by atoms with Crippen molar-refractivity contribution in [3.63, 3.8) is 0 Å². The van der Waals surface area contributed by atoms with E-state index in [-0.39, 0.29) is 23.7 Å². The van der Waals surface area contributed by atoms with Gasteiger partial charge in [0.2, 0.25) is 11.8 Å². The Kier molecular flexibility index (Phi) is 4.04. The van der Waals surface area contributed by atoms with E-state index in [2.05, 4.69) is 11.4 Å². The Bertz CT molecular complexity index is 813. The lowest BCUT2D eigenvalue weighted by Gasteiger charge is -2.29. The molecule has 1 heterocycles. The second-order valence-electron chi connectivity index (χ2n) is 7.03. The maximum Gasteiger partial charge on any atom is 0.230 e. The van der Waals surface area contributed by atoms with E-state index in [1.165, 1.54) is 5.56 Å². The fourth-order valence-corrected chi connectivity index (χ4v) is 3.59. The number of aryl methyl sites for hydroxylation is 2. The van der Waals surface area contributed by atoms with Crippen LogP contribution in [0.15, 0.2) is 48.5 Å². The maximum absolute atomic E-state index is 12.9. The number of nitrogens with one attached hydrogen (secondary N) is 1. The van der Waals surface area contributed by atoms with Gasteiger partial charge in [-0.25, -0.2) is 0 Å². The van der Waals surface area contributed by atoms with E-state index in [4.69, 9.17) is 0 Å². The zero-order valence-corrected chi connectivity index (χ0v) is 14.4. The van der Waals surface area contributed by atoms with Gasteiger partial charge in [-0.3, -0.25) is 9.59 Å². The topological polar surface area (TPSA) is 49.4 Å². The summed E-state index contributed by atoms with van der Waals surface area (Å²) >= 11 is 0. The molecular formula is C21H22N2O2. The molecule has 2 unspecified atom stereocenters. The number of hydrogen-bond acceptors (Lipinski definition) is 2. The molecule has 0 aromatic heterocycles. The molecule has 1 aliphatic carbocycles. The zero-order chi connectivity index (χ0) is 17.4. The summed E-state index contributed by atoms with van der Waals surface area (Å²) in [4.78, 5) is 27.2. The summed E-state index contributed by atoms with van der Waals surface area (Å²) in [7, 11) is 0. The van der Waals surface area contributed by atoms with Crippen molar-refractivity contribution in [3.05, 3.63) is 59.7 Å². The lowest BCUT2D eigenvalue weighted by molar-refractivity contribution is -0.123. The van der Waals surface area contributed by atoms with E-state index >= 15 is 0 Å². The lowest BCUT2D eigenvalue weighted by Crippen LogP contribution is -2.37. The zero-order valence-electron chi connectivity index (χ0n) is 14.4. The molecule has 0 saturated heterocycles. The standard InChI is InChI=1S/C21H22N2O2/c1-14-8-10-16(11-9-14)22-20(24)17-13-18(17)21(25)23-12-4-6-15-5-2-3-7-19(15)23/h2-3,5,7-11,17-18H,4,6,12-13H2,1H3,(H,22,24). The molecule has 25 heavy (non-hydrogen) atoms. The van der Waals surface area contributed by atoms with Gasteiger partial charge in [-0.05, 0) is 49.9 Å². The molecule has 2 atom stereocenters. The molecule has 4 nitrogen and oxygen atoms in total. The van der Waals surface area contributed by atoms with Crippen LogP contribution in [0.4, 0.5) is 11.4 Å². The van der Waals surface area contributed by atoms with Gasteiger partial charge in [-0.2, -0.15) is 0 Å². The van der Waals surface area contributed by atoms with Gasteiger partial charge in [0.25, 0.3) is 0 Å². The molecule has 0 bridgehead atoms. The highest BCUT2D eigenvalue weighted by Gasteiger charge is 2.50. The number of carbonyl (C=O) groups excluding carboxylic acids is 2. The highest BCUT2D eigenvalue weighted by molar-refractivity contribution is 6.04. The molecule has 1 N–H and O–H groups in total. The van der Waals surface area contributed by atoms with E-state index in [0.29, 0.717) is 6.42 Å². The fraction of sp³-hybridized carbons (Fsp3) is 0.333. The fourth-order valence-electron chi connectivity index (χ4n) is 3.59. The van der Waals surface area contributed by atoms with Crippen LogP contribution in [0.25, 0.3) is 0 Å². The van der Waals surface area contributed by atoms with Crippen LogP contribution in [-0.2, 0) is 16.0 Å². The van der Waals surface area contributed by atoms with Gasteiger partial charge in [-0.15, -0.1) is 0 Å². The summed E-state index contributed by atoms with van der Waals surface area (Å²) in [6.45, 7) is 2.76. The number of hydrogen-bond donors (Lipinski definition) is 1. The Morgan fingerprint density at radius 3 is 2.60 bits per heavy atom. The smallest absolute Gasteiger partial charge is 0.230 e. The summed E-state index contributed by atoms with van der Waals surface area (Å²) in [5.41, 5.74) is 4.19. The highest BCUT2D eigenvalue weighted by atomic mass is 16.2. The molecular weight excluding hydrogens is 312 g/mol. The minimum absolute atomic E-state index is 0.0486. The van der Waals surface area contributed by atoms with Gasteiger partial charge in [-0.1, -0.05) is 35.9 Å². The largest absolute Gasteiger partial charge is 0.326 e. The third kappa shape index (κ3) is 3.16. The van der Waals surface area contributed by atoms with Gasteiger partial charge in [0.15, 0.2) is 0 Å². The highest BCUT2D eigenvalue weighted by Crippen LogP contribution is 2.42. The van der Waals surface area contributed by atoms with Crippen molar-refractivity contribution < 1.29 is 9.59 Å². The van der Waals surface area contributed by atoms with Crippen LogP contribution in [0.5, 0.6) is 0 Å². The Labute approximate surface area is 147 Å². The number of anilines is 2. The first-order chi connectivity index (χ1) is 12.1. The van der Waals surface area contributed by atoms with E-state index in [0.717, 1.165) is 36.3 Å². The van der Waals surface area contributed by atoms with Crippen LogP contribution in [0.3, 0.4) is 0 Å². The number of rotatable bonds is 3. The average molecular weight is 334 g/mol. The Morgan fingerprint density at radius 2 is 1.80 bits per heavy atom. The minimum atomic E-state index is -0.206. The number of para-hydroxylation sites is 1. The number of carbonyl (C=O) groups is 2. The normalized spacial score (nSPS) is 21.4. The number of fused-ring (bicyclic) bond motifs is 1. The van der Waals surface area contributed by atoms with Gasteiger partial charge >= 0.3 is 0 Å².